The van der Waals surface area contributed by atoms with E-state index in [2.05, 4.69) is 25.5 Å². The average molecular weight is 459 g/mol. The molecule has 1 amide bonds. The minimum Gasteiger partial charge on any atom is -0.340 e. The molecule has 4 heterocycles. The van der Waals surface area contributed by atoms with Crippen LogP contribution in [0.15, 0.2) is 60.9 Å². The van der Waals surface area contributed by atoms with Gasteiger partial charge in [-0.05, 0) is 36.4 Å². The lowest BCUT2D eigenvalue weighted by atomic mass is 10.1. The van der Waals surface area contributed by atoms with Crippen LogP contribution in [-0.4, -0.2) is 54.6 Å². The molecule has 0 saturated carbocycles. The van der Waals surface area contributed by atoms with E-state index in [9.17, 15) is 13.6 Å². The van der Waals surface area contributed by atoms with Crippen molar-refractivity contribution in [3.05, 3.63) is 66.6 Å². The molecule has 1 fully saturated rings. The SMILES string of the molecule is Cn1c(C(=O)N2CC(F)(F)C2)cc2ccc(-c3nccc(Nc4ccc5[nH]ncc5c4)n3)cc21. The Morgan fingerprint density at radius 2 is 1.94 bits per heavy atom. The summed E-state index contributed by atoms with van der Waals surface area (Å²) in [7, 11) is 1.75. The smallest absolute Gasteiger partial charge is 0.282 e. The maximum atomic E-state index is 13.2. The highest BCUT2D eigenvalue weighted by Gasteiger charge is 2.46. The fourth-order valence-corrected chi connectivity index (χ4v) is 4.23. The lowest BCUT2D eigenvalue weighted by Crippen LogP contribution is -2.58. The Bertz CT molecular complexity index is 1560. The number of hydrogen-bond donors (Lipinski definition) is 2. The van der Waals surface area contributed by atoms with E-state index in [1.165, 1.54) is 0 Å². The number of carbonyl (C=O) groups excluding carboxylic acids is 1. The third-order valence-electron chi connectivity index (χ3n) is 6.02. The molecule has 2 aromatic carbocycles. The van der Waals surface area contributed by atoms with Crippen molar-refractivity contribution in [3.63, 3.8) is 0 Å². The molecule has 0 bridgehead atoms. The summed E-state index contributed by atoms with van der Waals surface area (Å²) in [6, 6.07) is 15.0. The number of hydrogen-bond acceptors (Lipinski definition) is 5. The Balaban J connectivity index is 1.29. The summed E-state index contributed by atoms with van der Waals surface area (Å²) < 4.78 is 28.1. The number of benzene rings is 2. The number of nitrogens with one attached hydrogen (secondary N) is 2. The fraction of sp³-hybridized carbons (Fsp3) is 0.167. The Kier molecular flexibility index (Phi) is 4.38. The molecule has 1 saturated heterocycles. The molecule has 1 aliphatic rings. The van der Waals surface area contributed by atoms with Crippen LogP contribution in [0.2, 0.25) is 0 Å². The third-order valence-corrected chi connectivity index (χ3v) is 6.02. The Morgan fingerprint density at radius 3 is 2.76 bits per heavy atom. The predicted octanol–water partition coefficient (Wildman–Crippen LogP) is 4.35. The zero-order chi connectivity index (χ0) is 23.4. The van der Waals surface area contributed by atoms with Crippen LogP contribution in [0.4, 0.5) is 20.3 Å². The van der Waals surface area contributed by atoms with Gasteiger partial charge in [0.25, 0.3) is 11.8 Å². The maximum absolute atomic E-state index is 13.2. The first kappa shape index (κ1) is 20.3. The lowest BCUT2D eigenvalue weighted by molar-refractivity contribution is -0.113. The van der Waals surface area contributed by atoms with Gasteiger partial charge in [-0.15, -0.1) is 0 Å². The summed E-state index contributed by atoms with van der Waals surface area (Å²) in [6.07, 6.45) is 3.43. The van der Waals surface area contributed by atoms with Crippen molar-refractivity contribution in [2.75, 3.05) is 18.4 Å². The number of aryl methyl sites for hydroxylation is 1. The van der Waals surface area contributed by atoms with E-state index in [1.807, 2.05) is 36.4 Å². The molecule has 0 radical (unpaired) electrons. The van der Waals surface area contributed by atoms with Gasteiger partial charge in [-0.25, -0.2) is 18.7 Å². The number of halogens is 2. The van der Waals surface area contributed by atoms with Gasteiger partial charge in [0.05, 0.1) is 24.8 Å². The van der Waals surface area contributed by atoms with Crippen molar-refractivity contribution >= 4 is 39.2 Å². The zero-order valence-corrected chi connectivity index (χ0v) is 18.1. The molecule has 6 rings (SSSR count). The molecular formula is C24H19F2N7O. The first-order valence-electron chi connectivity index (χ1n) is 10.7. The number of likely N-dealkylation sites (tertiary alicyclic amines) is 1. The lowest BCUT2D eigenvalue weighted by Gasteiger charge is -2.38. The standard InChI is InChI=1S/C24H19F2N7O/c1-32-19-10-15(3-2-14(19)9-20(32)23(34)33-12-24(25,26)13-33)22-27-7-6-21(30-22)29-17-4-5-18-16(8-17)11-28-31-18/h2-11H,12-13H2,1H3,(H,28,31)(H,27,29,30). The molecule has 5 aromatic rings. The number of alkyl halides is 2. The molecule has 34 heavy (non-hydrogen) atoms. The molecular weight excluding hydrogens is 440 g/mol. The summed E-state index contributed by atoms with van der Waals surface area (Å²) in [4.78, 5) is 22.9. The quantitative estimate of drug-likeness (QED) is 0.417. The van der Waals surface area contributed by atoms with E-state index in [0.717, 1.165) is 38.0 Å². The number of aromatic amines is 1. The Labute approximate surface area is 192 Å². The van der Waals surface area contributed by atoms with Gasteiger partial charge in [0.2, 0.25) is 0 Å². The van der Waals surface area contributed by atoms with Crippen LogP contribution in [0, 0.1) is 0 Å². The molecule has 0 spiro atoms. The van der Waals surface area contributed by atoms with E-state index in [4.69, 9.17) is 0 Å². The summed E-state index contributed by atoms with van der Waals surface area (Å²) >= 11 is 0. The summed E-state index contributed by atoms with van der Waals surface area (Å²) in [5.74, 6) is -2.04. The van der Waals surface area contributed by atoms with Crippen molar-refractivity contribution in [2.24, 2.45) is 7.05 Å². The Morgan fingerprint density at radius 1 is 1.09 bits per heavy atom. The first-order valence-corrected chi connectivity index (χ1v) is 10.7. The molecule has 0 atom stereocenters. The zero-order valence-electron chi connectivity index (χ0n) is 18.1. The van der Waals surface area contributed by atoms with E-state index in [0.29, 0.717) is 17.3 Å². The third kappa shape index (κ3) is 3.43. The number of carbonyl (C=O) groups is 1. The molecule has 0 aliphatic carbocycles. The highest BCUT2D eigenvalue weighted by atomic mass is 19.3. The Hall–Kier alpha value is -4.34. The van der Waals surface area contributed by atoms with Gasteiger partial charge in [0, 0.05) is 40.8 Å². The van der Waals surface area contributed by atoms with Gasteiger partial charge in [0.1, 0.15) is 11.5 Å². The van der Waals surface area contributed by atoms with E-state index < -0.39 is 24.9 Å². The topological polar surface area (TPSA) is 91.7 Å². The number of rotatable bonds is 4. The number of amides is 1. The monoisotopic (exact) mass is 459 g/mol. The molecule has 0 unspecified atom stereocenters. The second-order valence-electron chi connectivity index (χ2n) is 8.44. The highest BCUT2D eigenvalue weighted by molar-refractivity contribution is 6.00. The summed E-state index contributed by atoms with van der Waals surface area (Å²) in [6.45, 7) is -1.08. The van der Waals surface area contributed by atoms with Gasteiger partial charge in [-0.3, -0.25) is 9.89 Å². The first-order chi connectivity index (χ1) is 16.4. The van der Waals surface area contributed by atoms with Gasteiger partial charge in [-0.1, -0.05) is 12.1 Å². The van der Waals surface area contributed by atoms with E-state index >= 15 is 0 Å². The number of aromatic nitrogens is 5. The van der Waals surface area contributed by atoms with Gasteiger partial charge < -0.3 is 14.8 Å². The number of H-pyrrole nitrogens is 1. The van der Waals surface area contributed by atoms with Crippen molar-refractivity contribution in [3.8, 4) is 11.4 Å². The van der Waals surface area contributed by atoms with E-state index in [-0.39, 0.29) is 0 Å². The molecule has 170 valence electrons. The van der Waals surface area contributed by atoms with Crippen LogP contribution in [0.25, 0.3) is 33.2 Å². The largest absolute Gasteiger partial charge is 0.340 e. The minimum atomic E-state index is -2.80. The second kappa shape index (κ2) is 7.34. The van der Waals surface area contributed by atoms with Crippen LogP contribution in [-0.2, 0) is 7.05 Å². The van der Waals surface area contributed by atoms with Crippen LogP contribution in [0.5, 0.6) is 0 Å². The highest BCUT2D eigenvalue weighted by Crippen LogP contribution is 2.31. The number of anilines is 2. The fourth-order valence-electron chi connectivity index (χ4n) is 4.23. The van der Waals surface area contributed by atoms with Crippen LogP contribution >= 0.6 is 0 Å². The van der Waals surface area contributed by atoms with Crippen LogP contribution in [0.3, 0.4) is 0 Å². The van der Waals surface area contributed by atoms with Gasteiger partial charge >= 0.3 is 0 Å². The van der Waals surface area contributed by atoms with Crippen LogP contribution < -0.4 is 5.32 Å². The number of fused-ring (bicyclic) bond motifs is 2. The van der Waals surface area contributed by atoms with Gasteiger partial charge in [0.15, 0.2) is 5.82 Å². The van der Waals surface area contributed by atoms with Gasteiger partial charge in [-0.2, -0.15) is 5.10 Å². The summed E-state index contributed by atoms with van der Waals surface area (Å²) in [5, 5.41) is 12.1. The minimum absolute atomic E-state index is 0.369. The summed E-state index contributed by atoms with van der Waals surface area (Å²) in [5.41, 5.74) is 3.76. The average Bonchev–Trinajstić information content (AvgIpc) is 3.41. The molecule has 3 aromatic heterocycles. The predicted molar refractivity (Wildman–Crippen MR) is 124 cm³/mol. The van der Waals surface area contributed by atoms with Crippen molar-refractivity contribution in [1.29, 1.82) is 0 Å². The molecule has 8 nitrogen and oxygen atoms in total. The van der Waals surface area contributed by atoms with Crippen LogP contribution in [0.1, 0.15) is 10.5 Å². The van der Waals surface area contributed by atoms with Crippen molar-refractivity contribution < 1.29 is 13.6 Å². The molecule has 1 aliphatic heterocycles. The maximum Gasteiger partial charge on any atom is 0.282 e. The second-order valence-corrected chi connectivity index (χ2v) is 8.44. The molecule has 10 heteroatoms. The van der Waals surface area contributed by atoms with Crippen molar-refractivity contribution in [2.45, 2.75) is 5.92 Å². The molecule has 2 N–H and O–H groups in total. The number of nitrogens with zero attached hydrogens (tertiary/aromatic N) is 5. The van der Waals surface area contributed by atoms with E-state index in [1.54, 1.807) is 36.1 Å². The normalized spacial score (nSPS) is 15.0. The van der Waals surface area contributed by atoms with Crippen molar-refractivity contribution in [1.82, 2.24) is 29.6 Å².